The second-order valence-electron chi connectivity index (χ2n) is 3.27. The van der Waals surface area contributed by atoms with Crippen molar-refractivity contribution in [1.29, 1.82) is 5.26 Å². The van der Waals surface area contributed by atoms with Gasteiger partial charge in [0.05, 0.1) is 12.0 Å². The fourth-order valence-electron chi connectivity index (χ4n) is 1.04. The van der Waals surface area contributed by atoms with Gasteiger partial charge >= 0.3 is 0 Å². The standard InChI is InChI=1S/C9H13N3/c1-7(2)3-4-8-9(5-10)12-6-11-8/h6-7H,3-4H2,1-2H3,(H,11,12). The van der Waals surface area contributed by atoms with E-state index in [2.05, 4.69) is 29.9 Å². The molecule has 0 fully saturated rings. The van der Waals surface area contributed by atoms with Crippen LogP contribution in [0.1, 0.15) is 31.7 Å². The van der Waals surface area contributed by atoms with Gasteiger partial charge in [0.15, 0.2) is 5.69 Å². The van der Waals surface area contributed by atoms with Gasteiger partial charge < -0.3 is 4.98 Å². The maximum Gasteiger partial charge on any atom is 0.161 e. The topological polar surface area (TPSA) is 52.5 Å². The molecule has 0 aliphatic carbocycles. The van der Waals surface area contributed by atoms with Crippen LogP contribution in [0.4, 0.5) is 0 Å². The van der Waals surface area contributed by atoms with E-state index in [0.29, 0.717) is 11.6 Å². The summed E-state index contributed by atoms with van der Waals surface area (Å²) in [4.78, 5) is 6.87. The third-order valence-electron chi connectivity index (χ3n) is 1.80. The molecule has 64 valence electrons. The minimum Gasteiger partial charge on any atom is -0.347 e. The van der Waals surface area contributed by atoms with Gasteiger partial charge in [-0.1, -0.05) is 13.8 Å². The lowest BCUT2D eigenvalue weighted by molar-refractivity contribution is 0.582. The summed E-state index contributed by atoms with van der Waals surface area (Å²) < 4.78 is 0. The molecule has 0 aromatic carbocycles. The van der Waals surface area contributed by atoms with Crippen LogP contribution in [0, 0.1) is 17.2 Å². The zero-order valence-corrected chi connectivity index (χ0v) is 7.46. The fourth-order valence-corrected chi connectivity index (χ4v) is 1.04. The van der Waals surface area contributed by atoms with Gasteiger partial charge in [-0.15, -0.1) is 0 Å². The van der Waals surface area contributed by atoms with E-state index >= 15 is 0 Å². The lowest BCUT2D eigenvalue weighted by atomic mass is 10.1. The Morgan fingerprint density at radius 1 is 1.67 bits per heavy atom. The van der Waals surface area contributed by atoms with Crippen LogP contribution in [0.25, 0.3) is 0 Å². The molecule has 1 N–H and O–H groups in total. The number of hydrogen-bond acceptors (Lipinski definition) is 2. The minimum absolute atomic E-state index is 0.538. The highest BCUT2D eigenvalue weighted by Gasteiger charge is 2.04. The molecule has 0 aliphatic rings. The SMILES string of the molecule is CC(C)CCc1[nH]cnc1C#N. The van der Waals surface area contributed by atoms with Crippen molar-refractivity contribution in [2.75, 3.05) is 0 Å². The number of nitriles is 1. The maximum absolute atomic E-state index is 8.64. The van der Waals surface area contributed by atoms with Gasteiger partial charge in [0.1, 0.15) is 6.07 Å². The molecule has 1 aromatic rings. The molecule has 1 rings (SSSR count). The van der Waals surface area contributed by atoms with Crippen LogP contribution in [0.3, 0.4) is 0 Å². The first-order chi connectivity index (χ1) is 5.74. The molecule has 0 saturated carbocycles. The Morgan fingerprint density at radius 2 is 2.42 bits per heavy atom. The number of H-pyrrole nitrogens is 1. The molecule has 0 spiro atoms. The van der Waals surface area contributed by atoms with Gasteiger partial charge in [-0.05, 0) is 18.8 Å². The summed E-state index contributed by atoms with van der Waals surface area (Å²) in [6, 6.07) is 2.06. The van der Waals surface area contributed by atoms with Crippen LogP contribution in [0.15, 0.2) is 6.33 Å². The van der Waals surface area contributed by atoms with Crippen molar-refractivity contribution < 1.29 is 0 Å². The average Bonchev–Trinajstić information content (AvgIpc) is 2.47. The second-order valence-corrected chi connectivity index (χ2v) is 3.27. The summed E-state index contributed by atoms with van der Waals surface area (Å²) >= 11 is 0. The smallest absolute Gasteiger partial charge is 0.161 e. The summed E-state index contributed by atoms with van der Waals surface area (Å²) in [6.07, 6.45) is 3.59. The Kier molecular flexibility index (Phi) is 2.87. The molecule has 0 atom stereocenters. The van der Waals surface area contributed by atoms with E-state index in [9.17, 15) is 0 Å². The van der Waals surface area contributed by atoms with Gasteiger partial charge in [-0.25, -0.2) is 4.98 Å². The van der Waals surface area contributed by atoms with Crippen LogP contribution >= 0.6 is 0 Å². The van der Waals surface area contributed by atoms with Crippen LogP contribution in [0.2, 0.25) is 0 Å². The first-order valence-electron chi connectivity index (χ1n) is 4.16. The first-order valence-corrected chi connectivity index (χ1v) is 4.16. The van der Waals surface area contributed by atoms with Crippen LogP contribution in [0.5, 0.6) is 0 Å². The molecule has 1 heterocycles. The highest BCUT2D eigenvalue weighted by Crippen LogP contribution is 2.08. The molecular weight excluding hydrogens is 150 g/mol. The monoisotopic (exact) mass is 163 g/mol. The average molecular weight is 163 g/mol. The summed E-state index contributed by atoms with van der Waals surface area (Å²) in [7, 11) is 0. The Labute approximate surface area is 72.4 Å². The van der Waals surface area contributed by atoms with E-state index in [4.69, 9.17) is 5.26 Å². The van der Waals surface area contributed by atoms with Crippen molar-refractivity contribution in [3.8, 4) is 6.07 Å². The van der Waals surface area contributed by atoms with E-state index in [1.165, 1.54) is 0 Å². The molecule has 0 saturated heterocycles. The molecule has 0 amide bonds. The lowest BCUT2D eigenvalue weighted by Gasteiger charge is -2.01. The molecule has 0 aliphatic heterocycles. The molecule has 0 bridgehead atoms. The molecule has 1 aromatic heterocycles. The number of aromatic nitrogens is 2. The number of imidazole rings is 1. The van der Waals surface area contributed by atoms with Gasteiger partial charge in [0, 0.05) is 0 Å². The number of nitrogens with one attached hydrogen (secondary N) is 1. The normalized spacial score (nSPS) is 10.2. The van der Waals surface area contributed by atoms with Crippen LogP contribution in [-0.4, -0.2) is 9.97 Å². The largest absolute Gasteiger partial charge is 0.347 e. The molecular formula is C9H13N3. The maximum atomic E-state index is 8.64. The van der Waals surface area contributed by atoms with Gasteiger partial charge in [-0.3, -0.25) is 0 Å². The Hall–Kier alpha value is -1.30. The van der Waals surface area contributed by atoms with Gasteiger partial charge in [0.2, 0.25) is 0 Å². The van der Waals surface area contributed by atoms with Crippen molar-refractivity contribution in [3.05, 3.63) is 17.7 Å². The van der Waals surface area contributed by atoms with E-state index < -0.39 is 0 Å². The molecule has 0 unspecified atom stereocenters. The number of hydrogen-bond donors (Lipinski definition) is 1. The van der Waals surface area contributed by atoms with Crippen molar-refractivity contribution in [2.45, 2.75) is 26.7 Å². The zero-order valence-electron chi connectivity index (χ0n) is 7.46. The van der Waals surface area contributed by atoms with Gasteiger partial charge in [0.25, 0.3) is 0 Å². The van der Waals surface area contributed by atoms with Crippen molar-refractivity contribution in [1.82, 2.24) is 9.97 Å². The summed E-state index contributed by atoms with van der Waals surface area (Å²) in [5.41, 5.74) is 1.50. The number of rotatable bonds is 3. The fraction of sp³-hybridized carbons (Fsp3) is 0.556. The predicted octanol–water partition coefficient (Wildman–Crippen LogP) is 1.87. The number of nitrogens with zero attached hydrogens (tertiary/aromatic N) is 2. The number of aromatic amines is 1. The Bertz CT molecular complexity index is 280. The summed E-state index contributed by atoms with van der Waals surface area (Å²) in [6.45, 7) is 4.34. The van der Waals surface area contributed by atoms with E-state index in [1.54, 1.807) is 6.33 Å². The van der Waals surface area contributed by atoms with Gasteiger partial charge in [-0.2, -0.15) is 5.26 Å². The van der Waals surface area contributed by atoms with Crippen molar-refractivity contribution >= 4 is 0 Å². The van der Waals surface area contributed by atoms with Crippen LogP contribution in [-0.2, 0) is 6.42 Å². The lowest BCUT2D eigenvalue weighted by Crippen LogP contribution is -1.94. The minimum atomic E-state index is 0.538. The molecule has 3 heteroatoms. The highest BCUT2D eigenvalue weighted by molar-refractivity contribution is 5.25. The van der Waals surface area contributed by atoms with E-state index in [0.717, 1.165) is 18.5 Å². The summed E-state index contributed by atoms with van der Waals surface area (Å²) in [5.74, 6) is 0.667. The quantitative estimate of drug-likeness (QED) is 0.739. The first kappa shape index (κ1) is 8.79. The van der Waals surface area contributed by atoms with Crippen molar-refractivity contribution in [2.24, 2.45) is 5.92 Å². The highest BCUT2D eigenvalue weighted by atomic mass is 14.9. The Balaban J connectivity index is 2.58. The number of aryl methyl sites for hydroxylation is 1. The van der Waals surface area contributed by atoms with E-state index in [1.807, 2.05) is 0 Å². The zero-order chi connectivity index (χ0) is 8.97. The summed E-state index contributed by atoms with van der Waals surface area (Å²) in [5, 5.41) is 8.64. The van der Waals surface area contributed by atoms with E-state index in [-0.39, 0.29) is 0 Å². The second kappa shape index (κ2) is 3.91. The molecule has 0 radical (unpaired) electrons. The Morgan fingerprint density at radius 3 is 3.00 bits per heavy atom. The third kappa shape index (κ3) is 2.09. The predicted molar refractivity (Wildman–Crippen MR) is 46.5 cm³/mol. The molecule has 12 heavy (non-hydrogen) atoms. The molecule has 3 nitrogen and oxygen atoms in total. The third-order valence-corrected chi connectivity index (χ3v) is 1.80. The van der Waals surface area contributed by atoms with Crippen molar-refractivity contribution in [3.63, 3.8) is 0 Å². The van der Waals surface area contributed by atoms with Crippen LogP contribution < -0.4 is 0 Å².